The molecule has 0 aliphatic carbocycles. The fourth-order valence-corrected chi connectivity index (χ4v) is 4.69. The van der Waals surface area contributed by atoms with Gasteiger partial charge in [-0.15, -0.1) is 0 Å². The maximum Gasteiger partial charge on any atom is 0.336 e. The second-order valence-corrected chi connectivity index (χ2v) is 8.14. The molecule has 31 heavy (non-hydrogen) atoms. The third-order valence-corrected chi connectivity index (χ3v) is 6.37. The molecule has 4 rings (SSSR count). The minimum absolute atomic E-state index is 0.0769. The second kappa shape index (κ2) is 8.55. The van der Waals surface area contributed by atoms with Crippen LogP contribution in [0.3, 0.4) is 0 Å². The molecule has 0 saturated carbocycles. The number of nitro groups is 1. The number of aromatic carboxylic acids is 1. The quantitative estimate of drug-likeness (QED) is 0.549. The summed E-state index contributed by atoms with van der Waals surface area (Å²) in [6.45, 7) is 7.28. The average Bonchev–Trinajstić information content (AvgIpc) is 3.19. The first-order chi connectivity index (χ1) is 14.9. The summed E-state index contributed by atoms with van der Waals surface area (Å²) in [5.41, 5.74) is 4.82. The Balaban J connectivity index is 1.71. The lowest BCUT2D eigenvalue weighted by Crippen LogP contribution is -2.40. The molecule has 2 aromatic rings. The van der Waals surface area contributed by atoms with E-state index in [2.05, 4.69) is 22.8 Å². The van der Waals surface area contributed by atoms with Crippen LogP contribution in [0.1, 0.15) is 46.8 Å². The first-order valence-electron chi connectivity index (χ1n) is 10.6. The number of hydrogen-bond donors (Lipinski definition) is 1. The molecule has 8 nitrogen and oxygen atoms in total. The van der Waals surface area contributed by atoms with E-state index < -0.39 is 5.97 Å². The Morgan fingerprint density at radius 3 is 2.58 bits per heavy atom. The first kappa shape index (κ1) is 21.1. The molecule has 1 N–H and O–H groups in total. The molecule has 2 aromatic carbocycles. The molecule has 0 bridgehead atoms. The van der Waals surface area contributed by atoms with Crippen LogP contribution >= 0.6 is 0 Å². The molecule has 8 heteroatoms. The summed E-state index contributed by atoms with van der Waals surface area (Å²) in [5, 5.41) is 21.0. The monoisotopic (exact) mass is 425 g/mol. The molecule has 0 unspecified atom stereocenters. The summed E-state index contributed by atoms with van der Waals surface area (Å²) in [5.74, 6) is -0.948. The summed E-state index contributed by atoms with van der Waals surface area (Å²) >= 11 is 0. The maximum absolute atomic E-state index is 12.0. The van der Waals surface area contributed by atoms with E-state index in [1.54, 1.807) is 18.2 Å². The van der Waals surface area contributed by atoms with E-state index in [4.69, 9.17) is 4.74 Å². The van der Waals surface area contributed by atoms with Crippen molar-refractivity contribution in [1.29, 1.82) is 0 Å². The van der Waals surface area contributed by atoms with Crippen LogP contribution in [0, 0.1) is 17.0 Å². The molecule has 1 fully saturated rings. The van der Waals surface area contributed by atoms with Crippen molar-refractivity contribution in [2.45, 2.75) is 45.8 Å². The van der Waals surface area contributed by atoms with E-state index in [1.165, 1.54) is 6.07 Å². The van der Waals surface area contributed by atoms with Crippen LogP contribution in [0.5, 0.6) is 0 Å². The van der Waals surface area contributed by atoms with Gasteiger partial charge in [0.15, 0.2) is 0 Å². The van der Waals surface area contributed by atoms with Gasteiger partial charge in [0.1, 0.15) is 0 Å². The Kier molecular flexibility index (Phi) is 5.82. The van der Waals surface area contributed by atoms with Gasteiger partial charge in [0.25, 0.3) is 5.69 Å². The fourth-order valence-electron chi connectivity index (χ4n) is 4.69. The highest BCUT2D eigenvalue weighted by Crippen LogP contribution is 2.37. The Morgan fingerprint density at radius 2 is 1.94 bits per heavy atom. The van der Waals surface area contributed by atoms with Gasteiger partial charge >= 0.3 is 5.97 Å². The number of benzene rings is 2. The third kappa shape index (κ3) is 4.07. The molecule has 0 atom stereocenters. The summed E-state index contributed by atoms with van der Waals surface area (Å²) in [7, 11) is 0. The molecular formula is C23H27N3O5. The normalized spacial score (nSPS) is 16.3. The predicted molar refractivity (Wildman–Crippen MR) is 118 cm³/mol. The van der Waals surface area contributed by atoms with Gasteiger partial charge in [0, 0.05) is 62.4 Å². The Hall–Kier alpha value is -3.13. The van der Waals surface area contributed by atoms with E-state index in [1.807, 2.05) is 6.92 Å². The molecule has 1 saturated heterocycles. The van der Waals surface area contributed by atoms with Crippen molar-refractivity contribution in [1.82, 2.24) is 0 Å². The Bertz CT molecular complexity index is 1020. The first-order valence-corrected chi connectivity index (χ1v) is 10.6. The van der Waals surface area contributed by atoms with Gasteiger partial charge in [-0.05, 0) is 55.5 Å². The minimum Gasteiger partial charge on any atom is -0.478 e. The van der Waals surface area contributed by atoms with Gasteiger partial charge in [-0.25, -0.2) is 4.79 Å². The van der Waals surface area contributed by atoms with Gasteiger partial charge in [-0.2, -0.15) is 0 Å². The standard InChI is InChI=1S/C23H27N3O5/c1-3-25(18-6-8-31-9-7-18)22-12-20(11-21(15(22)2)23(27)28)24-13-16-4-5-19(26(29)30)10-17(16)14-24/h4-5,10-12,18H,3,6-9,13-14H2,1-2H3,(H,27,28). The van der Waals surface area contributed by atoms with E-state index in [0.29, 0.717) is 37.9 Å². The van der Waals surface area contributed by atoms with Gasteiger partial charge in [-0.1, -0.05) is 6.07 Å². The number of fused-ring (bicyclic) bond motifs is 1. The number of hydrogen-bond acceptors (Lipinski definition) is 6. The van der Waals surface area contributed by atoms with E-state index in [9.17, 15) is 20.0 Å². The van der Waals surface area contributed by atoms with Crippen molar-refractivity contribution < 1.29 is 19.6 Å². The number of nitro benzene ring substituents is 1. The van der Waals surface area contributed by atoms with Crippen molar-refractivity contribution in [3.05, 3.63) is 62.7 Å². The zero-order valence-corrected chi connectivity index (χ0v) is 17.8. The van der Waals surface area contributed by atoms with Gasteiger partial charge in [0.2, 0.25) is 0 Å². The summed E-state index contributed by atoms with van der Waals surface area (Å²) in [6.07, 6.45) is 1.83. The molecule has 2 aliphatic rings. The Labute approximate surface area is 181 Å². The number of nitrogens with zero attached hydrogens (tertiary/aromatic N) is 3. The van der Waals surface area contributed by atoms with Gasteiger partial charge < -0.3 is 19.6 Å². The molecule has 2 heterocycles. The smallest absolute Gasteiger partial charge is 0.336 e. The van der Waals surface area contributed by atoms with Crippen LogP contribution < -0.4 is 9.80 Å². The third-order valence-electron chi connectivity index (χ3n) is 6.37. The average molecular weight is 425 g/mol. The van der Waals surface area contributed by atoms with Crippen LogP contribution in [0.15, 0.2) is 30.3 Å². The maximum atomic E-state index is 12.0. The van der Waals surface area contributed by atoms with E-state index >= 15 is 0 Å². The van der Waals surface area contributed by atoms with Crippen LogP contribution in [-0.4, -0.2) is 41.8 Å². The fraction of sp³-hybridized carbons (Fsp3) is 0.435. The summed E-state index contributed by atoms with van der Waals surface area (Å²) in [4.78, 5) is 27.2. The lowest BCUT2D eigenvalue weighted by molar-refractivity contribution is -0.384. The Morgan fingerprint density at radius 1 is 1.23 bits per heavy atom. The van der Waals surface area contributed by atoms with Crippen LogP contribution in [0.25, 0.3) is 0 Å². The molecule has 0 aromatic heterocycles. The number of carboxylic acids is 1. The van der Waals surface area contributed by atoms with Crippen molar-refractivity contribution in [2.24, 2.45) is 0 Å². The SMILES string of the molecule is CCN(c1cc(N2Cc3ccc([N+](=O)[O-])cc3C2)cc(C(=O)O)c1C)C1CCOCC1. The molecule has 164 valence electrons. The van der Waals surface area contributed by atoms with Crippen molar-refractivity contribution in [2.75, 3.05) is 29.6 Å². The molecule has 0 spiro atoms. The topological polar surface area (TPSA) is 96.2 Å². The zero-order valence-electron chi connectivity index (χ0n) is 17.8. The second-order valence-electron chi connectivity index (χ2n) is 8.14. The van der Waals surface area contributed by atoms with Crippen molar-refractivity contribution in [3.63, 3.8) is 0 Å². The molecule has 2 aliphatic heterocycles. The lowest BCUT2D eigenvalue weighted by atomic mass is 10.00. The molecule has 0 radical (unpaired) electrons. The number of non-ortho nitro benzene ring substituents is 1. The largest absolute Gasteiger partial charge is 0.478 e. The highest BCUT2D eigenvalue weighted by molar-refractivity contribution is 5.93. The van der Waals surface area contributed by atoms with Crippen LogP contribution in [-0.2, 0) is 17.8 Å². The summed E-state index contributed by atoms with van der Waals surface area (Å²) in [6, 6.07) is 9.03. The van der Waals surface area contributed by atoms with Crippen molar-refractivity contribution in [3.8, 4) is 0 Å². The number of carboxylic acid groups (broad SMARTS) is 1. The van der Waals surface area contributed by atoms with E-state index in [0.717, 1.165) is 47.5 Å². The van der Waals surface area contributed by atoms with Crippen molar-refractivity contribution >= 4 is 23.0 Å². The van der Waals surface area contributed by atoms with Crippen LogP contribution in [0.4, 0.5) is 17.1 Å². The highest BCUT2D eigenvalue weighted by Gasteiger charge is 2.27. The number of ether oxygens (including phenoxy) is 1. The minimum atomic E-state index is -0.948. The highest BCUT2D eigenvalue weighted by atomic mass is 16.6. The van der Waals surface area contributed by atoms with Gasteiger partial charge in [0.05, 0.1) is 10.5 Å². The lowest BCUT2D eigenvalue weighted by Gasteiger charge is -2.37. The molecule has 0 amide bonds. The zero-order chi connectivity index (χ0) is 22.1. The summed E-state index contributed by atoms with van der Waals surface area (Å²) < 4.78 is 5.51. The number of carbonyl (C=O) groups is 1. The predicted octanol–water partition coefficient (Wildman–Crippen LogP) is 4.13. The number of rotatable bonds is 6. The number of anilines is 2. The van der Waals surface area contributed by atoms with Crippen LogP contribution in [0.2, 0.25) is 0 Å². The molecular weight excluding hydrogens is 398 g/mol. The van der Waals surface area contributed by atoms with Gasteiger partial charge in [-0.3, -0.25) is 10.1 Å². The van der Waals surface area contributed by atoms with E-state index in [-0.39, 0.29) is 10.6 Å².